The van der Waals surface area contributed by atoms with E-state index in [1.807, 2.05) is 39.0 Å². The summed E-state index contributed by atoms with van der Waals surface area (Å²) in [5.74, 6) is -0.295. The minimum Gasteiger partial charge on any atom is -0.493 e. The lowest BCUT2D eigenvalue weighted by Gasteiger charge is -2.21. The van der Waals surface area contributed by atoms with E-state index >= 15 is 0 Å². The van der Waals surface area contributed by atoms with Gasteiger partial charge in [-0.3, -0.25) is 9.36 Å². The van der Waals surface area contributed by atoms with E-state index in [1.165, 1.54) is 11.3 Å². The summed E-state index contributed by atoms with van der Waals surface area (Å²) in [7, 11) is 0. The molecule has 1 aliphatic rings. The van der Waals surface area contributed by atoms with Crippen molar-refractivity contribution < 1.29 is 9.90 Å². The maximum atomic E-state index is 12.2. The average molecular weight is 318 g/mol. The summed E-state index contributed by atoms with van der Waals surface area (Å²) in [6, 6.07) is 7.31. The number of hydrogen-bond acceptors (Lipinski definition) is 4. The molecule has 1 aliphatic heterocycles. The van der Waals surface area contributed by atoms with Gasteiger partial charge in [-0.1, -0.05) is 18.2 Å². The van der Waals surface area contributed by atoms with Gasteiger partial charge in [0.25, 0.3) is 5.91 Å². The van der Waals surface area contributed by atoms with Crippen LogP contribution < -0.4 is 10.6 Å². The van der Waals surface area contributed by atoms with E-state index in [1.54, 1.807) is 10.6 Å². The van der Waals surface area contributed by atoms with Crippen molar-refractivity contribution in [3.63, 3.8) is 0 Å². The van der Waals surface area contributed by atoms with Gasteiger partial charge in [0.05, 0.1) is 10.9 Å². The Labute approximate surface area is 130 Å². The maximum absolute atomic E-state index is 12.2. The molecule has 108 valence electrons. The van der Waals surface area contributed by atoms with Gasteiger partial charge in [-0.15, -0.1) is 11.3 Å². The van der Waals surface area contributed by atoms with Crippen LogP contribution in [0.15, 0.2) is 29.3 Å². The number of benzene rings is 1. The van der Waals surface area contributed by atoms with E-state index in [0.29, 0.717) is 19.8 Å². The van der Waals surface area contributed by atoms with Gasteiger partial charge in [0.15, 0.2) is 3.95 Å². The second-order valence-corrected chi connectivity index (χ2v) is 7.48. The molecule has 1 amide bonds. The average Bonchev–Trinajstić information content (AvgIpc) is 2.84. The van der Waals surface area contributed by atoms with Crippen molar-refractivity contribution in [3.8, 4) is 5.88 Å². The van der Waals surface area contributed by atoms with E-state index in [9.17, 15) is 9.90 Å². The van der Waals surface area contributed by atoms with Crippen LogP contribution in [-0.4, -0.2) is 15.6 Å². The number of aromatic hydroxyl groups is 1. The molecule has 2 aromatic rings. The van der Waals surface area contributed by atoms with Crippen LogP contribution in [0.1, 0.15) is 25.6 Å². The van der Waals surface area contributed by atoms with Crippen LogP contribution in [-0.2, 0) is 10.3 Å². The molecule has 0 saturated heterocycles. The lowest BCUT2D eigenvalue weighted by atomic mass is 10.1. The normalized spacial score (nSPS) is 14.2. The van der Waals surface area contributed by atoms with Crippen molar-refractivity contribution in [3.05, 3.63) is 43.7 Å². The third-order valence-electron chi connectivity index (χ3n) is 3.29. The van der Waals surface area contributed by atoms with Gasteiger partial charge in [-0.05, 0) is 39.1 Å². The van der Waals surface area contributed by atoms with Crippen molar-refractivity contribution in [2.75, 3.05) is 0 Å². The largest absolute Gasteiger partial charge is 0.493 e. The number of nitrogens with zero attached hydrogens (tertiary/aromatic N) is 2. The van der Waals surface area contributed by atoms with Crippen molar-refractivity contribution in [2.45, 2.75) is 26.3 Å². The monoisotopic (exact) mass is 318 g/mol. The zero-order chi connectivity index (χ0) is 15.4. The highest BCUT2D eigenvalue weighted by atomic mass is 32.1. The lowest BCUT2D eigenvalue weighted by molar-refractivity contribution is -0.112. The first-order chi connectivity index (χ1) is 9.80. The number of thiazole rings is 1. The molecule has 1 aromatic heterocycles. The molecular formula is C15H14N2O2S2. The highest BCUT2D eigenvalue weighted by Gasteiger charge is 2.28. The number of hydrogen-bond donors (Lipinski definition) is 1. The van der Waals surface area contributed by atoms with Crippen LogP contribution in [0.5, 0.6) is 5.88 Å². The standard InChI is InChI=1S/C15H14N2O2S2/c1-15(2,3)17-13(19)11(21-14(17)20)10-8-6-4-5-7-9(8)16-12(10)18/h4-7,19H,1-3H3. The number of fused-ring (bicyclic) bond motifs is 1. The predicted octanol–water partition coefficient (Wildman–Crippen LogP) is 2.10. The number of carbonyl (C=O) groups is 1. The van der Waals surface area contributed by atoms with Crippen LogP contribution in [0.3, 0.4) is 0 Å². The molecule has 4 nitrogen and oxygen atoms in total. The van der Waals surface area contributed by atoms with Gasteiger partial charge in [0, 0.05) is 10.8 Å². The highest BCUT2D eigenvalue weighted by Crippen LogP contribution is 2.36. The number of carbonyl (C=O) groups excluding carboxylic acids is 1. The van der Waals surface area contributed by atoms with E-state index in [2.05, 4.69) is 4.99 Å². The summed E-state index contributed by atoms with van der Waals surface area (Å²) in [4.78, 5) is 16.7. The van der Waals surface area contributed by atoms with Crippen LogP contribution in [0.2, 0.25) is 0 Å². The van der Waals surface area contributed by atoms with Crippen molar-refractivity contribution in [2.24, 2.45) is 4.99 Å². The van der Waals surface area contributed by atoms with Crippen LogP contribution in [0, 0.1) is 3.95 Å². The summed E-state index contributed by atoms with van der Waals surface area (Å²) < 4.78 is 2.21. The summed E-state index contributed by atoms with van der Waals surface area (Å²) in [6.07, 6.45) is 0. The second kappa shape index (κ2) is 4.61. The number of rotatable bonds is 1. The summed E-state index contributed by atoms with van der Waals surface area (Å²) in [6.45, 7) is 5.87. The molecule has 2 heterocycles. The molecule has 0 aliphatic carbocycles. The minimum atomic E-state index is -0.352. The van der Waals surface area contributed by atoms with Gasteiger partial charge in [0.1, 0.15) is 4.88 Å². The Morgan fingerprint density at radius 2 is 1.95 bits per heavy atom. The van der Waals surface area contributed by atoms with Gasteiger partial charge >= 0.3 is 0 Å². The zero-order valence-corrected chi connectivity index (χ0v) is 13.5. The first-order valence-corrected chi connectivity index (χ1v) is 7.71. The molecule has 0 saturated carbocycles. The molecule has 0 bridgehead atoms. The van der Waals surface area contributed by atoms with E-state index in [-0.39, 0.29) is 17.3 Å². The molecule has 1 N–H and O–H groups in total. The van der Waals surface area contributed by atoms with E-state index in [4.69, 9.17) is 12.2 Å². The molecule has 0 atom stereocenters. The molecule has 0 radical (unpaired) electrons. The molecule has 21 heavy (non-hydrogen) atoms. The Bertz CT molecular complexity index is 930. The summed E-state index contributed by atoms with van der Waals surface area (Å²) >= 11 is 6.59. The molecule has 0 unspecified atom stereocenters. The molecule has 1 aromatic carbocycles. The summed E-state index contributed by atoms with van der Waals surface area (Å²) in [5, 5.41) is 11.9. The van der Waals surface area contributed by atoms with Crippen LogP contribution in [0.25, 0.3) is 5.57 Å². The van der Waals surface area contributed by atoms with Gasteiger partial charge in [0.2, 0.25) is 5.88 Å². The predicted molar refractivity (Wildman–Crippen MR) is 84.5 cm³/mol. The molecule has 3 rings (SSSR count). The van der Waals surface area contributed by atoms with Gasteiger partial charge < -0.3 is 5.11 Å². The molecule has 0 fully saturated rings. The first-order valence-electron chi connectivity index (χ1n) is 6.49. The Morgan fingerprint density at radius 1 is 1.29 bits per heavy atom. The maximum Gasteiger partial charge on any atom is 0.279 e. The molecule has 6 heteroatoms. The highest BCUT2D eigenvalue weighted by molar-refractivity contribution is 7.73. The fourth-order valence-corrected chi connectivity index (χ4v) is 4.12. The first kappa shape index (κ1) is 14.2. The van der Waals surface area contributed by atoms with Crippen LogP contribution in [0.4, 0.5) is 0 Å². The quantitative estimate of drug-likeness (QED) is 0.819. The van der Waals surface area contributed by atoms with E-state index in [0.717, 1.165) is 5.22 Å². The topological polar surface area (TPSA) is 54.6 Å². The van der Waals surface area contributed by atoms with Gasteiger partial charge in [-0.2, -0.15) is 0 Å². The van der Waals surface area contributed by atoms with Crippen LogP contribution >= 0.6 is 23.6 Å². The number of para-hydroxylation sites is 1. The fourth-order valence-electron chi connectivity index (χ4n) is 2.40. The van der Waals surface area contributed by atoms with E-state index < -0.39 is 0 Å². The van der Waals surface area contributed by atoms with Crippen molar-refractivity contribution in [1.29, 1.82) is 0 Å². The minimum absolute atomic E-state index is 0.0350. The Kier molecular flexibility index (Phi) is 3.11. The summed E-state index contributed by atoms with van der Waals surface area (Å²) in [5.41, 5.74) is 0.0802. The Balaban J connectivity index is 2.38. The zero-order valence-electron chi connectivity index (χ0n) is 11.9. The Hall–Kier alpha value is -1.79. The number of aromatic nitrogens is 1. The van der Waals surface area contributed by atoms with Crippen molar-refractivity contribution >= 4 is 35.0 Å². The van der Waals surface area contributed by atoms with Crippen molar-refractivity contribution in [1.82, 2.24) is 4.57 Å². The molecular weight excluding hydrogens is 304 g/mol. The van der Waals surface area contributed by atoms with Gasteiger partial charge in [-0.25, -0.2) is 4.99 Å². The fraction of sp³-hybridized carbons (Fsp3) is 0.267. The third-order valence-corrected chi connectivity index (χ3v) is 4.67. The second-order valence-electron chi connectivity index (χ2n) is 5.84. The molecule has 0 spiro atoms. The lowest BCUT2D eigenvalue weighted by Crippen LogP contribution is -2.23. The SMILES string of the molecule is CC(C)(C)n1c(O)c(C2=c3ccccc3=NC2=O)sc1=S. The Morgan fingerprint density at radius 3 is 2.57 bits per heavy atom. The number of amides is 1. The third kappa shape index (κ3) is 2.15. The smallest absolute Gasteiger partial charge is 0.279 e.